The summed E-state index contributed by atoms with van der Waals surface area (Å²) in [7, 11) is 1.29. The Morgan fingerprint density at radius 1 is 1.17 bits per heavy atom. The van der Waals surface area contributed by atoms with E-state index in [4.69, 9.17) is 4.74 Å². The molecule has 130 valence electrons. The summed E-state index contributed by atoms with van der Waals surface area (Å²) >= 11 is 1.30. The van der Waals surface area contributed by atoms with E-state index in [1.807, 2.05) is 6.92 Å². The smallest absolute Gasteiger partial charge is 0.340 e. The second-order valence-corrected chi connectivity index (χ2v) is 7.90. The molecule has 1 heterocycles. The number of rotatable bonds is 4. The predicted molar refractivity (Wildman–Crippen MR) is 89.1 cm³/mol. The van der Waals surface area contributed by atoms with Crippen molar-refractivity contribution in [3.05, 3.63) is 16.5 Å². The van der Waals surface area contributed by atoms with Crippen LogP contribution in [0.25, 0.3) is 0 Å². The van der Waals surface area contributed by atoms with E-state index >= 15 is 0 Å². The number of hydrogen-bond acceptors (Lipinski definition) is 5. The zero-order valence-corrected chi connectivity index (χ0v) is 14.5. The fraction of sp³-hybridized carbons (Fsp3) is 0.588. The molecule has 2 bridgehead atoms. The van der Waals surface area contributed by atoms with Gasteiger partial charge >= 0.3 is 11.9 Å². The standard InChI is InChI=1S/C17H21NO5S/c1-8-7-11(17(22)23-2)15(24-8)18-14(19)12-9-3-5-10(6-4-9)13(12)16(20)21/h7,9-10,12-13H,3-6H2,1-2H3,(H,18,19)(H,20,21)/t9?,10?,12-,13+/m0/s1. The molecule has 3 aliphatic rings. The topological polar surface area (TPSA) is 92.7 Å². The normalized spacial score (nSPS) is 28.4. The highest BCUT2D eigenvalue weighted by Gasteiger charge is 2.50. The third kappa shape index (κ3) is 2.92. The van der Waals surface area contributed by atoms with Crippen LogP contribution in [-0.4, -0.2) is 30.1 Å². The summed E-state index contributed by atoms with van der Waals surface area (Å²) in [6.07, 6.45) is 3.58. The molecule has 0 unspecified atom stereocenters. The summed E-state index contributed by atoms with van der Waals surface area (Å²) < 4.78 is 4.75. The van der Waals surface area contributed by atoms with Gasteiger partial charge in [0.25, 0.3) is 0 Å². The molecule has 0 radical (unpaired) electrons. The molecular weight excluding hydrogens is 330 g/mol. The van der Waals surface area contributed by atoms with Crippen molar-refractivity contribution in [3.63, 3.8) is 0 Å². The van der Waals surface area contributed by atoms with E-state index in [-0.39, 0.29) is 17.7 Å². The van der Waals surface area contributed by atoms with Crippen LogP contribution in [0.2, 0.25) is 0 Å². The van der Waals surface area contributed by atoms with E-state index < -0.39 is 23.8 Å². The first-order valence-corrected chi connectivity index (χ1v) is 8.96. The zero-order chi connectivity index (χ0) is 17.4. The summed E-state index contributed by atoms with van der Waals surface area (Å²) in [5.74, 6) is -2.64. The van der Waals surface area contributed by atoms with Crippen molar-refractivity contribution in [2.45, 2.75) is 32.6 Å². The fourth-order valence-electron chi connectivity index (χ4n) is 4.25. The summed E-state index contributed by atoms with van der Waals surface area (Å²) in [6.45, 7) is 1.84. The molecule has 3 aliphatic carbocycles. The van der Waals surface area contributed by atoms with Gasteiger partial charge in [0.2, 0.25) is 5.91 Å². The molecule has 2 atom stereocenters. The van der Waals surface area contributed by atoms with Gasteiger partial charge in [-0.15, -0.1) is 11.3 Å². The molecule has 3 saturated carbocycles. The van der Waals surface area contributed by atoms with E-state index in [2.05, 4.69) is 5.32 Å². The van der Waals surface area contributed by atoms with E-state index in [9.17, 15) is 19.5 Å². The average Bonchev–Trinajstić information content (AvgIpc) is 2.94. The second-order valence-electron chi connectivity index (χ2n) is 6.65. The predicted octanol–water partition coefficient (Wildman–Crippen LogP) is 2.92. The van der Waals surface area contributed by atoms with Gasteiger partial charge in [0, 0.05) is 4.88 Å². The van der Waals surface area contributed by atoms with Gasteiger partial charge in [0.05, 0.1) is 24.5 Å². The number of nitrogens with one attached hydrogen (secondary N) is 1. The Balaban J connectivity index is 1.84. The fourth-order valence-corrected chi connectivity index (χ4v) is 5.15. The number of aliphatic carboxylic acids is 1. The van der Waals surface area contributed by atoms with Crippen LogP contribution in [0, 0.1) is 30.6 Å². The minimum Gasteiger partial charge on any atom is -0.481 e. The lowest BCUT2D eigenvalue weighted by Crippen LogP contribution is -2.49. The molecule has 0 spiro atoms. The van der Waals surface area contributed by atoms with Crippen molar-refractivity contribution >= 4 is 34.2 Å². The van der Waals surface area contributed by atoms with Crippen molar-refractivity contribution in [1.29, 1.82) is 0 Å². The van der Waals surface area contributed by atoms with Crippen LogP contribution < -0.4 is 5.32 Å². The molecule has 1 aromatic rings. The highest BCUT2D eigenvalue weighted by Crippen LogP contribution is 2.49. The van der Waals surface area contributed by atoms with Gasteiger partial charge < -0.3 is 15.2 Å². The van der Waals surface area contributed by atoms with Crippen molar-refractivity contribution in [3.8, 4) is 0 Å². The lowest BCUT2D eigenvalue weighted by Gasteiger charge is -2.45. The number of esters is 1. The summed E-state index contributed by atoms with van der Waals surface area (Å²) in [4.78, 5) is 37.2. The van der Waals surface area contributed by atoms with Gasteiger partial charge in [-0.1, -0.05) is 0 Å². The molecule has 0 aliphatic heterocycles. The third-order valence-electron chi connectivity index (χ3n) is 5.30. The van der Waals surface area contributed by atoms with Gasteiger partial charge in [-0.2, -0.15) is 0 Å². The average molecular weight is 351 g/mol. The van der Waals surface area contributed by atoms with Crippen LogP contribution in [0.5, 0.6) is 0 Å². The van der Waals surface area contributed by atoms with Gasteiger partial charge in [0.15, 0.2) is 0 Å². The number of ether oxygens (including phenoxy) is 1. The van der Waals surface area contributed by atoms with Gasteiger partial charge in [0.1, 0.15) is 5.00 Å². The Bertz CT molecular complexity index is 675. The first-order valence-electron chi connectivity index (χ1n) is 8.14. The van der Waals surface area contributed by atoms with E-state index in [0.29, 0.717) is 10.6 Å². The first-order chi connectivity index (χ1) is 11.4. The van der Waals surface area contributed by atoms with Crippen LogP contribution in [0.4, 0.5) is 5.00 Å². The number of aryl methyl sites for hydroxylation is 1. The Morgan fingerprint density at radius 3 is 2.29 bits per heavy atom. The molecule has 0 aromatic carbocycles. The molecule has 1 aromatic heterocycles. The number of carbonyl (C=O) groups is 3. The van der Waals surface area contributed by atoms with Gasteiger partial charge in [-0.05, 0) is 50.5 Å². The van der Waals surface area contributed by atoms with E-state index in [1.54, 1.807) is 6.07 Å². The highest BCUT2D eigenvalue weighted by atomic mass is 32.1. The molecule has 0 saturated heterocycles. The van der Waals surface area contributed by atoms with Gasteiger partial charge in [-0.25, -0.2) is 4.79 Å². The van der Waals surface area contributed by atoms with E-state index in [1.165, 1.54) is 18.4 Å². The minimum atomic E-state index is -0.889. The monoisotopic (exact) mass is 351 g/mol. The maximum atomic E-state index is 12.8. The number of methoxy groups -OCH3 is 1. The highest BCUT2D eigenvalue weighted by molar-refractivity contribution is 7.16. The summed E-state index contributed by atoms with van der Waals surface area (Å²) in [5.41, 5.74) is 0.321. The quantitative estimate of drug-likeness (QED) is 0.814. The number of anilines is 1. The number of thiophene rings is 1. The Kier molecular flexibility index (Phi) is 4.62. The minimum absolute atomic E-state index is 0.0772. The molecule has 4 rings (SSSR count). The number of carboxylic acids is 1. The van der Waals surface area contributed by atoms with Crippen molar-refractivity contribution < 1.29 is 24.2 Å². The maximum absolute atomic E-state index is 12.8. The Labute approximate surface area is 144 Å². The van der Waals surface area contributed by atoms with Crippen LogP contribution in [0.15, 0.2) is 6.07 Å². The molecule has 7 heteroatoms. The Hall–Kier alpha value is -1.89. The number of carboxylic acid groups (broad SMARTS) is 1. The second kappa shape index (κ2) is 6.55. The lowest BCUT2D eigenvalue weighted by atomic mass is 9.58. The van der Waals surface area contributed by atoms with Gasteiger partial charge in [-0.3, -0.25) is 9.59 Å². The molecule has 2 N–H and O–H groups in total. The van der Waals surface area contributed by atoms with Crippen LogP contribution in [-0.2, 0) is 14.3 Å². The SMILES string of the molecule is COC(=O)c1cc(C)sc1NC(=O)[C@H]1C2CCC(CC2)[C@H]1C(=O)O. The van der Waals surface area contributed by atoms with Crippen molar-refractivity contribution in [2.75, 3.05) is 12.4 Å². The number of amides is 1. The lowest BCUT2D eigenvalue weighted by molar-refractivity contribution is -0.156. The maximum Gasteiger partial charge on any atom is 0.340 e. The summed E-state index contributed by atoms with van der Waals surface area (Å²) in [6, 6.07) is 1.67. The molecule has 1 amide bonds. The molecule has 3 fully saturated rings. The zero-order valence-electron chi connectivity index (χ0n) is 13.7. The molecule has 6 nitrogen and oxygen atoms in total. The first kappa shape index (κ1) is 17.0. The summed E-state index contributed by atoms with van der Waals surface area (Å²) in [5, 5.41) is 12.8. The van der Waals surface area contributed by atoms with Crippen molar-refractivity contribution in [2.24, 2.45) is 23.7 Å². The van der Waals surface area contributed by atoms with Crippen LogP contribution in [0.1, 0.15) is 40.9 Å². The van der Waals surface area contributed by atoms with Crippen LogP contribution in [0.3, 0.4) is 0 Å². The van der Waals surface area contributed by atoms with Crippen molar-refractivity contribution in [1.82, 2.24) is 0 Å². The largest absolute Gasteiger partial charge is 0.481 e. The number of fused-ring (bicyclic) bond motifs is 3. The number of carbonyl (C=O) groups excluding carboxylic acids is 2. The van der Waals surface area contributed by atoms with E-state index in [0.717, 1.165) is 30.6 Å². The number of hydrogen-bond donors (Lipinski definition) is 2. The molecular formula is C17H21NO5S. The third-order valence-corrected chi connectivity index (χ3v) is 6.27. The van der Waals surface area contributed by atoms with Crippen LogP contribution >= 0.6 is 11.3 Å². The Morgan fingerprint density at radius 2 is 1.75 bits per heavy atom. The molecule has 24 heavy (non-hydrogen) atoms.